The number of esters is 1. The van der Waals surface area contributed by atoms with Crippen molar-refractivity contribution in [2.45, 2.75) is 43.9 Å². The lowest BCUT2D eigenvalue weighted by atomic mass is 9.88. The molecule has 31 heavy (non-hydrogen) atoms. The van der Waals surface area contributed by atoms with Gasteiger partial charge < -0.3 is 10.5 Å². The summed E-state index contributed by atoms with van der Waals surface area (Å²) in [4.78, 5) is 30.2. The number of carbonyl (C=O) groups is 1. The number of hydrogen-bond donors (Lipinski definition) is 1. The van der Waals surface area contributed by atoms with Crippen molar-refractivity contribution in [1.82, 2.24) is 9.55 Å². The highest BCUT2D eigenvalue weighted by Gasteiger charge is 2.39. The molecule has 1 atom stereocenters. The van der Waals surface area contributed by atoms with E-state index < -0.39 is 17.8 Å². The molecule has 2 saturated carbocycles. The van der Waals surface area contributed by atoms with E-state index in [4.69, 9.17) is 22.1 Å². The van der Waals surface area contributed by atoms with Gasteiger partial charge in [0.15, 0.2) is 0 Å². The van der Waals surface area contributed by atoms with Crippen molar-refractivity contribution in [3.63, 3.8) is 0 Å². The van der Waals surface area contributed by atoms with Crippen molar-refractivity contribution >= 4 is 28.5 Å². The third kappa shape index (κ3) is 3.72. The van der Waals surface area contributed by atoms with Gasteiger partial charge in [-0.1, -0.05) is 29.8 Å². The summed E-state index contributed by atoms with van der Waals surface area (Å²) >= 11 is 6.18. The lowest BCUT2D eigenvalue weighted by Gasteiger charge is -2.37. The summed E-state index contributed by atoms with van der Waals surface area (Å²) in [5, 5.41) is 0.216. The Morgan fingerprint density at radius 3 is 2.61 bits per heavy atom. The molecule has 160 valence electrons. The Morgan fingerprint density at radius 2 is 1.94 bits per heavy atom. The van der Waals surface area contributed by atoms with E-state index in [1.165, 1.54) is 0 Å². The second-order valence-electron chi connectivity index (χ2n) is 8.31. The number of ether oxygens (including phenoxy) is 1. The lowest BCUT2D eigenvalue weighted by Crippen LogP contribution is -2.42. The van der Waals surface area contributed by atoms with Gasteiger partial charge in [-0.2, -0.15) is 0 Å². The van der Waals surface area contributed by atoms with Crippen LogP contribution in [0.5, 0.6) is 0 Å². The van der Waals surface area contributed by atoms with E-state index in [-0.39, 0.29) is 39.5 Å². The quantitative estimate of drug-likeness (QED) is 0.601. The van der Waals surface area contributed by atoms with Gasteiger partial charge in [0.2, 0.25) is 0 Å². The molecule has 0 radical (unpaired) electrons. The van der Waals surface area contributed by atoms with Crippen molar-refractivity contribution in [3.8, 4) is 0 Å². The SMILES string of the molecule is N[C@H](c1nc2c(Cl)cc(F)cc2c(=O)n1[C@H]1C[C@H](OC(=O)c2ccccc2)C1)C1CC1. The number of halogens is 2. The maximum Gasteiger partial charge on any atom is 0.338 e. The zero-order chi connectivity index (χ0) is 21.7. The molecule has 8 heteroatoms. The molecule has 0 spiro atoms. The molecular formula is C23H21ClFN3O3. The number of nitrogens with zero attached hydrogens (tertiary/aromatic N) is 2. The van der Waals surface area contributed by atoms with Gasteiger partial charge in [0.05, 0.1) is 27.5 Å². The minimum Gasteiger partial charge on any atom is -0.459 e. The van der Waals surface area contributed by atoms with Gasteiger partial charge in [-0.25, -0.2) is 14.2 Å². The van der Waals surface area contributed by atoms with Crippen molar-refractivity contribution in [2.75, 3.05) is 0 Å². The number of rotatable bonds is 5. The van der Waals surface area contributed by atoms with Gasteiger partial charge in [-0.05, 0) is 43.0 Å². The lowest BCUT2D eigenvalue weighted by molar-refractivity contribution is -0.00928. The summed E-state index contributed by atoms with van der Waals surface area (Å²) in [6.45, 7) is 0. The molecule has 3 aromatic rings. The molecule has 2 aromatic carbocycles. The van der Waals surface area contributed by atoms with E-state index in [1.54, 1.807) is 28.8 Å². The van der Waals surface area contributed by atoms with E-state index in [2.05, 4.69) is 4.98 Å². The number of benzene rings is 2. The Labute approximate surface area is 182 Å². The molecule has 2 fully saturated rings. The Hall–Kier alpha value is -2.77. The van der Waals surface area contributed by atoms with E-state index in [1.807, 2.05) is 6.07 Å². The topological polar surface area (TPSA) is 87.2 Å². The first-order valence-corrected chi connectivity index (χ1v) is 10.7. The molecule has 0 unspecified atom stereocenters. The summed E-state index contributed by atoms with van der Waals surface area (Å²) in [6.07, 6.45) is 2.60. The predicted molar refractivity (Wildman–Crippen MR) is 115 cm³/mol. The second-order valence-corrected chi connectivity index (χ2v) is 8.72. The van der Waals surface area contributed by atoms with Crippen LogP contribution in [0.4, 0.5) is 4.39 Å². The molecular weight excluding hydrogens is 421 g/mol. The molecule has 1 heterocycles. The number of carbonyl (C=O) groups excluding carboxylic acids is 1. The molecule has 0 amide bonds. The van der Waals surface area contributed by atoms with Gasteiger partial charge in [-0.3, -0.25) is 9.36 Å². The Bertz CT molecular complexity index is 1220. The monoisotopic (exact) mass is 441 g/mol. The Balaban J connectivity index is 1.45. The van der Waals surface area contributed by atoms with E-state index in [0.29, 0.717) is 24.2 Å². The minimum absolute atomic E-state index is 0.0896. The van der Waals surface area contributed by atoms with Crippen LogP contribution in [0.1, 0.15) is 53.9 Å². The Kier molecular flexibility index (Phi) is 5.02. The average molecular weight is 442 g/mol. The first kappa shape index (κ1) is 20.2. The number of fused-ring (bicyclic) bond motifs is 1. The standard InChI is InChI=1S/C23H21ClFN3O3/c24-18-9-14(25)8-17-20(18)27-21(19(26)12-6-7-12)28(22(17)29)15-10-16(11-15)31-23(30)13-4-2-1-3-5-13/h1-5,8-9,12,15-16,19H,6-7,10-11,26H2/t15-,16-,19-/m0/s1. The third-order valence-electron chi connectivity index (χ3n) is 6.10. The largest absolute Gasteiger partial charge is 0.459 e. The minimum atomic E-state index is -0.592. The van der Waals surface area contributed by atoms with Crippen LogP contribution in [0.3, 0.4) is 0 Å². The molecule has 0 aliphatic heterocycles. The zero-order valence-electron chi connectivity index (χ0n) is 16.6. The molecule has 6 nitrogen and oxygen atoms in total. The summed E-state index contributed by atoms with van der Waals surface area (Å²) in [5.41, 5.74) is 6.81. The van der Waals surface area contributed by atoms with Gasteiger partial charge in [0, 0.05) is 18.9 Å². The normalized spacial score (nSPS) is 21.5. The summed E-state index contributed by atoms with van der Waals surface area (Å²) in [6, 6.07) is 10.5. The van der Waals surface area contributed by atoms with Crippen LogP contribution in [0.15, 0.2) is 47.3 Å². The average Bonchev–Trinajstić information content (AvgIpc) is 3.57. The molecule has 2 aliphatic carbocycles. The van der Waals surface area contributed by atoms with Crippen molar-refractivity contribution in [1.29, 1.82) is 0 Å². The number of hydrogen-bond acceptors (Lipinski definition) is 5. The second kappa shape index (κ2) is 7.73. The van der Waals surface area contributed by atoms with Crippen LogP contribution in [0.25, 0.3) is 10.9 Å². The molecule has 2 N–H and O–H groups in total. The predicted octanol–water partition coefficient (Wildman–Crippen LogP) is 4.16. The van der Waals surface area contributed by atoms with Crippen LogP contribution < -0.4 is 11.3 Å². The van der Waals surface area contributed by atoms with Crippen LogP contribution in [0.2, 0.25) is 5.02 Å². The van der Waals surface area contributed by atoms with E-state index in [0.717, 1.165) is 25.0 Å². The maximum absolute atomic E-state index is 13.9. The fourth-order valence-corrected chi connectivity index (χ4v) is 4.39. The van der Waals surface area contributed by atoms with Crippen LogP contribution in [-0.4, -0.2) is 21.6 Å². The first-order chi connectivity index (χ1) is 14.9. The van der Waals surface area contributed by atoms with Crippen molar-refractivity contribution in [3.05, 3.63) is 75.0 Å². The molecule has 0 saturated heterocycles. The zero-order valence-corrected chi connectivity index (χ0v) is 17.4. The van der Waals surface area contributed by atoms with Gasteiger partial charge in [-0.15, -0.1) is 0 Å². The smallest absolute Gasteiger partial charge is 0.338 e. The molecule has 0 bridgehead atoms. The van der Waals surface area contributed by atoms with Gasteiger partial charge in [0.1, 0.15) is 17.7 Å². The summed E-state index contributed by atoms with van der Waals surface area (Å²) in [7, 11) is 0. The Morgan fingerprint density at radius 1 is 1.23 bits per heavy atom. The van der Waals surface area contributed by atoms with Crippen LogP contribution in [-0.2, 0) is 4.74 Å². The fraction of sp³-hybridized carbons (Fsp3) is 0.348. The maximum atomic E-state index is 13.9. The highest BCUT2D eigenvalue weighted by molar-refractivity contribution is 6.35. The van der Waals surface area contributed by atoms with Crippen LogP contribution >= 0.6 is 11.6 Å². The highest BCUT2D eigenvalue weighted by atomic mass is 35.5. The van der Waals surface area contributed by atoms with E-state index in [9.17, 15) is 14.0 Å². The highest BCUT2D eigenvalue weighted by Crippen LogP contribution is 2.42. The molecule has 1 aromatic heterocycles. The van der Waals surface area contributed by atoms with Crippen molar-refractivity contribution in [2.24, 2.45) is 11.7 Å². The number of aromatic nitrogens is 2. The van der Waals surface area contributed by atoms with Gasteiger partial charge in [0.25, 0.3) is 5.56 Å². The number of nitrogens with two attached hydrogens (primary N) is 1. The summed E-state index contributed by atoms with van der Waals surface area (Å²) < 4.78 is 21.1. The fourth-order valence-electron chi connectivity index (χ4n) is 4.14. The molecule has 2 aliphatic rings. The van der Waals surface area contributed by atoms with Gasteiger partial charge >= 0.3 is 5.97 Å². The van der Waals surface area contributed by atoms with Crippen LogP contribution in [0, 0.1) is 11.7 Å². The van der Waals surface area contributed by atoms with Crippen molar-refractivity contribution < 1.29 is 13.9 Å². The van der Waals surface area contributed by atoms with E-state index >= 15 is 0 Å². The molecule has 5 rings (SSSR count). The summed E-state index contributed by atoms with van der Waals surface area (Å²) in [5.74, 6) is -0.254. The first-order valence-electron chi connectivity index (χ1n) is 10.3. The third-order valence-corrected chi connectivity index (χ3v) is 6.38.